The van der Waals surface area contributed by atoms with Gasteiger partial charge in [-0.15, -0.1) is 0 Å². The van der Waals surface area contributed by atoms with Crippen LogP contribution in [0.25, 0.3) is 0 Å². The summed E-state index contributed by atoms with van der Waals surface area (Å²) < 4.78 is 39.7. The van der Waals surface area contributed by atoms with Crippen molar-refractivity contribution >= 4 is 0 Å². The third kappa shape index (κ3) is 3.10. The van der Waals surface area contributed by atoms with Crippen molar-refractivity contribution in [3.05, 3.63) is 23.8 Å². The van der Waals surface area contributed by atoms with Crippen molar-refractivity contribution in [3.8, 4) is 11.5 Å². The minimum Gasteiger partial charge on any atom is -0.508 e. The van der Waals surface area contributed by atoms with E-state index in [0.717, 1.165) is 18.2 Å². The standard InChI is InChI=1S/C12H15F3N2O2/c13-12(14,15)11(17-5-3-16-4-6-17)9-7-8(18)1-2-10(9)19/h1-2,7,11,16,18-19H,3-6H2/t11-/m1/s1. The maximum atomic E-state index is 13.2. The van der Waals surface area contributed by atoms with Gasteiger partial charge in [0.05, 0.1) is 0 Å². The van der Waals surface area contributed by atoms with Gasteiger partial charge in [0.15, 0.2) is 0 Å². The summed E-state index contributed by atoms with van der Waals surface area (Å²) in [6.45, 7) is 1.40. The highest BCUT2D eigenvalue weighted by Crippen LogP contribution is 2.42. The van der Waals surface area contributed by atoms with Crippen LogP contribution in [0.4, 0.5) is 13.2 Å². The summed E-state index contributed by atoms with van der Waals surface area (Å²) in [4.78, 5) is 1.25. The number of phenols is 2. The Bertz CT molecular complexity index is 445. The van der Waals surface area contributed by atoms with E-state index in [1.165, 1.54) is 4.90 Å². The lowest BCUT2D eigenvalue weighted by Gasteiger charge is -2.36. The van der Waals surface area contributed by atoms with E-state index in [0.29, 0.717) is 13.1 Å². The maximum absolute atomic E-state index is 13.2. The molecule has 106 valence electrons. The topological polar surface area (TPSA) is 55.7 Å². The van der Waals surface area contributed by atoms with E-state index in [1.54, 1.807) is 0 Å². The largest absolute Gasteiger partial charge is 0.508 e. The molecule has 19 heavy (non-hydrogen) atoms. The van der Waals surface area contributed by atoms with Gasteiger partial charge in [0.1, 0.15) is 17.5 Å². The number of phenolic OH excluding ortho intramolecular Hbond substituents is 2. The second kappa shape index (κ2) is 5.26. The van der Waals surface area contributed by atoms with Crippen molar-refractivity contribution in [1.29, 1.82) is 0 Å². The van der Waals surface area contributed by atoms with Crippen molar-refractivity contribution in [3.63, 3.8) is 0 Å². The fraction of sp³-hybridized carbons (Fsp3) is 0.500. The Labute approximate surface area is 108 Å². The second-order valence-electron chi connectivity index (χ2n) is 4.47. The van der Waals surface area contributed by atoms with Crippen LogP contribution in [0, 0.1) is 0 Å². The van der Waals surface area contributed by atoms with Crippen LogP contribution in [0.1, 0.15) is 11.6 Å². The molecule has 0 aliphatic carbocycles. The third-order valence-corrected chi connectivity index (χ3v) is 3.13. The van der Waals surface area contributed by atoms with Gasteiger partial charge in [-0.3, -0.25) is 4.90 Å². The summed E-state index contributed by atoms with van der Waals surface area (Å²) in [5, 5.41) is 22.0. The van der Waals surface area contributed by atoms with Gasteiger partial charge in [0, 0.05) is 31.7 Å². The maximum Gasteiger partial charge on any atom is 0.408 e. The Morgan fingerprint density at radius 3 is 2.37 bits per heavy atom. The predicted molar refractivity (Wildman–Crippen MR) is 63.0 cm³/mol. The van der Waals surface area contributed by atoms with Gasteiger partial charge >= 0.3 is 6.18 Å². The zero-order valence-corrected chi connectivity index (χ0v) is 10.1. The predicted octanol–water partition coefficient (Wildman–Crippen LogP) is 1.61. The molecule has 0 radical (unpaired) electrons. The number of nitrogens with one attached hydrogen (secondary N) is 1. The molecule has 0 saturated carbocycles. The quantitative estimate of drug-likeness (QED) is 0.718. The molecule has 1 saturated heterocycles. The number of hydrogen-bond acceptors (Lipinski definition) is 4. The average molecular weight is 276 g/mol. The molecule has 1 atom stereocenters. The molecule has 1 heterocycles. The van der Waals surface area contributed by atoms with Gasteiger partial charge in [-0.2, -0.15) is 13.2 Å². The summed E-state index contributed by atoms with van der Waals surface area (Å²) in [5.41, 5.74) is -0.311. The van der Waals surface area contributed by atoms with E-state index in [-0.39, 0.29) is 24.4 Å². The van der Waals surface area contributed by atoms with Crippen molar-refractivity contribution in [2.24, 2.45) is 0 Å². The molecule has 2 rings (SSSR count). The summed E-state index contributed by atoms with van der Waals surface area (Å²) in [6, 6.07) is 1.30. The van der Waals surface area contributed by atoms with Crippen molar-refractivity contribution < 1.29 is 23.4 Å². The molecule has 1 aromatic rings. The van der Waals surface area contributed by atoms with E-state index < -0.39 is 18.0 Å². The van der Waals surface area contributed by atoms with E-state index >= 15 is 0 Å². The first kappa shape index (κ1) is 14.0. The van der Waals surface area contributed by atoms with Crippen molar-refractivity contribution in [2.75, 3.05) is 26.2 Å². The lowest BCUT2D eigenvalue weighted by atomic mass is 10.0. The molecule has 1 aliphatic rings. The normalized spacial score (nSPS) is 19.3. The minimum absolute atomic E-state index is 0.235. The van der Waals surface area contributed by atoms with Gasteiger partial charge in [0.2, 0.25) is 0 Å². The molecule has 4 nitrogen and oxygen atoms in total. The highest BCUT2D eigenvalue weighted by molar-refractivity contribution is 5.41. The monoisotopic (exact) mass is 276 g/mol. The Balaban J connectivity index is 2.39. The number of benzene rings is 1. The highest BCUT2D eigenvalue weighted by atomic mass is 19.4. The molecule has 0 aromatic heterocycles. The van der Waals surface area contributed by atoms with Crippen molar-refractivity contribution in [1.82, 2.24) is 10.2 Å². The molecule has 1 aromatic carbocycles. The van der Waals surface area contributed by atoms with Gasteiger partial charge < -0.3 is 15.5 Å². The van der Waals surface area contributed by atoms with Crippen LogP contribution in [0.5, 0.6) is 11.5 Å². The molecule has 3 N–H and O–H groups in total. The molecule has 0 bridgehead atoms. The SMILES string of the molecule is Oc1ccc(O)c([C@@H](N2CCNCC2)C(F)(F)F)c1. The van der Waals surface area contributed by atoms with Crippen LogP contribution in [0.3, 0.4) is 0 Å². The summed E-state index contributed by atoms with van der Waals surface area (Å²) in [5.74, 6) is -0.754. The Morgan fingerprint density at radius 1 is 1.16 bits per heavy atom. The van der Waals surface area contributed by atoms with Crippen LogP contribution in [-0.2, 0) is 0 Å². The van der Waals surface area contributed by atoms with Crippen molar-refractivity contribution in [2.45, 2.75) is 12.2 Å². The summed E-state index contributed by atoms with van der Waals surface area (Å²) in [7, 11) is 0. The highest BCUT2D eigenvalue weighted by Gasteiger charge is 2.46. The second-order valence-corrected chi connectivity index (χ2v) is 4.47. The van der Waals surface area contributed by atoms with Crippen LogP contribution < -0.4 is 5.32 Å². The molecule has 0 unspecified atom stereocenters. The average Bonchev–Trinajstić information content (AvgIpc) is 2.33. The Morgan fingerprint density at radius 2 is 1.79 bits per heavy atom. The number of alkyl halides is 3. The summed E-state index contributed by atoms with van der Waals surface area (Å²) >= 11 is 0. The lowest BCUT2D eigenvalue weighted by Crippen LogP contribution is -2.49. The number of rotatable bonds is 2. The Hall–Kier alpha value is -1.47. The molecular weight excluding hydrogens is 261 g/mol. The number of piperazine rings is 1. The third-order valence-electron chi connectivity index (χ3n) is 3.13. The van der Waals surface area contributed by atoms with Gasteiger partial charge in [-0.1, -0.05) is 0 Å². The zero-order valence-electron chi connectivity index (χ0n) is 10.1. The molecule has 1 fully saturated rings. The van der Waals surface area contributed by atoms with Crippen LogP contribution in [-0.4, -0.2) is 47.5 Å². The molecule has 1 aliphatic heterocycles. The van der Waals surface area contributed by atoms with Gasteiger partial charge in [0.25, 0.3) is 0 Å². The minimum atomic E-state index is -4.51. The summed E-state index contributed by atoms with van der Waals surface area (Å²) in [6.07, 6.45) is -4.51. The fourth-order valence-electron chi connectivity index (χ4n) is 2.28. The van der Waals surface area contributed by atoms with E-state index in [9.17, 15) is 23.4 Å². The van der Waals surface area contributed by atoms with E-state index in [4.69, 9.17) is 0 Å². The zero-order chi connectivity index (χ0) is 14.0. The number of aromatic hydroxyl groups is 2. The first-order valence-corrected chi connectivity index (χ1v) is 5.93. The first-order valence-electron chi connectivity index (χ1n) is 5.93. The van der Waals surface area contributed by atoms with Crippen LogP contribution in [0.15, 0.2) is 18.2 Å². The number of halogens is 3. The Kier molecular flexibility index (Phi) is 3.86. The van der Waals surface area contributed by atoms with Crippen LogP contribution >= 0.6 is 0 Å². The lowest BCUT2D eigenvalue weighted by molar-refractivity contribution is -0.188. The molecule has 7 heteroatoms. The van der Waals surface area contributed by atoms with E-state index in [2.05, 4.69) is 5.32 Å². The molecular formula is C12H15F3N2O2. The van der Waals surface area contributed by atoms with Gasteiger partial charge in [-0.25, -0.2) is 0 Å². The van der Waals surface area contributed by atoms with Gasteiger partial charge in [-0.05, 0) is 18.2 Å². The smallest absolute Gasteiger partial charge is 0.408 e. The molecule has 0 amide bonds. The van der Waals surface area contributed by atoms with Crippen LogP contribution in [0.2, 0.25) is 0 Å². The molecule has 0 spiro atoms. The first-order chi connectivity index (χ1) is 8.89. The fourth-order valence-corrected chi connectivity index (χ4v) is 2.28. The van der Waals surface area contributed by atoms with E-state index in [1.807, 2.05) is 0 Å². The number of hydrogen-bond donors (Lipinski definition) is 3. The number of nitrogens with zero attached hydrogens (tertiary/aromatic N) is 1.